The molecule has 25 heavy (non-hydrogen) atoms. The van der Waals surface area contributed by atoms with Crippen molar-refractivity contribution >= 4 is 5.69 Å². The molecule has 0 bridgehead atoms. The van der Waals surface area contributed by atoms with Gasteiger partial charge >= 0.3 is 0 Å². The zero-order chi connectivity index (χ0) is 17.6. The van der Waals surface area contributed by atoms with Gasteiger partial charge in [0.25, 0.3) is 0 Å². The van der Waals surface area contributed by atoms with E-state index < -0.39 is 29.7 Å². The highest BCUT2D eigenvalue weighted by molar-refractivity contribution is 5.59. The third kappa shape index (κ3) is 2.69. The first-order valence-corrected chi connectivity index (χ1v) is 8.35. The molecule has 2 N–H and O–H groups in total. The summed E-state index contributed by atoms with van der Waals surface area (Å²) in [7, 11) is 0. The average Bonchev–Trinajstić information content (AvgIpc) is 2.65. The van der Waals surface area contributed by atoms with Crippen LogP contribution in [0.1, 0.15) is 36.1 Å². The summed E-state index contributed by atoms with van der Waals surface area (Å²) in [6.45, 7) is -0.187. The monoisotopic (exact) mass is 349 g/mol. The van der Waals surface area contributed by atoms with E-state index in [2.05, 4.69) is 5.32 Å². The van der Waals surface area contributed by atoms with E-state index in [1.807, 2.05) is 30.3 Å². The standard InChI is InChI=1S/C19H18F3NO2/c20-13-8-14(21)16(22)18-15(13)19-12(7-6-11(9-24)25-19)17(23-18)10-4-2-1-3-5-10/h1-5,8,11-12,17,19,23-24H,6-7,9H2. The van der Waals surface area contributed by atoms with Gasteiger partial charge in [0.1, 0.15) is 5.82 Å². The lowest BCUT2D eigenvalue weighted by Crippen LogP contribution is -2.41. The van der Waals surface area contributed by atoms with Crippen LogP contribution >= 0.6 is 0 Å². The molecule has 0 amide bonds. The molecule has 6 heteroatoms. The van der Waals surface area contributed by atoms with Crippen LogP contribution in [0.15, 0.2) is 36.4 Å². The Kier molecular flexibility index (Phi) is 4.17. The fourth-order valence-electron chi connectivity index (χ4n) is 3.95. The van der Waals surface area contributed by atoms with Crippen molar-refractivity contribution in [2.75, 3.05) is 11.9 Å². The van der Waals surface area contributed by atoms with Crippen LogP contribution in [0.5, 0.6) is 0 Å². The minimum atomic E-state index is -1.23. The molecule has 4 rings (SSSR count). The highest BCUT2D eigenvalue weighted by Gasteiger charge is 2.45. The Morgan fingerprint density at radius 1 is 1.08 bits per heavy atom. The molecule has 0 radical (unpaired) electrons. The van der Waals surface area contributed by atoms with Crippen molar-refractivity contribution in [1.29, 1.82) is 0 Å². The largest absolute Gasteiger partial charge is 0.394 e. The van der Waals surface area contributed by atoms with Gasteiger partial charge in [0.2, 0.25) is 0 Å². The van der Waals surface area contributed by atoms with Crippen LogP contribution < -0.4 is 5.32 Å². The molecule has 2 aromatic rings. The van der Waals surface area contributed by atoms with E-state index in [1.54, 1.807) is 0 Å². The van der Waals surface area contributed by atoms with Crippen molar-refractivity contribution in [3.05, 3.63) is 65.0 Å². The van der Waals surface area contributed by atoms with Gasteiger partial charge in [-0.2, -0.15) is 0 Å². The molecule has 0 aliphatic carbocycles. The molecule has 2 heterocycles. The highest BCUT2D eigenvalue weighted by atomic mass is 19.2. The van der Waals surface area contributed by atoms with Gasteiger partial charge in [-0.1, -0.05) is 30.3 Å². The third-order valence-electron chi connectivity index (χ3n) is 5.13. The molecular formula is C19H18F3NO2. The van der Waals surface area contributed by atoms with Crippen molar-refractivity contribution in [2.24, 2.45) is 5.92 Å². The van der Waals surface area contributed by atoms with E-state index >= 15 is 0 Å². The number of hydrogen-bond acceptors (Lipinski definition) is 3. The summed E-state index contributed by atoms with van der Waals surface area (Å²) >= 11 is 0. The molecule has 2 aliphatic heterocycles. The van der Waals surface area contributed by atoms with Crippen molar-refractivity contribution in [3.8, 4) is 0 Å². The summed E-state index contributed by atoms with van der Waals surface area (Å²) in [4.78, 5) is 0. The maximum absolute atomic E-state index is 14.5. The fraction of sp³-hybridized carbons (Fsp3) is 0.368. The van der Waals surface area contributed by atoms with Gasteiger partial charge in [-0.3, -0.25) is 0 Å². The Labute approximate surface area is 143 Å². The Morgan fingerprint density at radius 2 is 1.84 bits per heavy atom. The van der Waals surface area contributed by atoms with Gasteiger partial charge in [-0.05, 0) is 18.4 Å². The number of rotatable bonds is 2. The van der Waals surface area contributed by atoms with E-state index in [-0.39, 0.29) is 29.8 Å². The summed E-state index contributed by atoms with van der Waals surface area (Å²) in [6, 6.07) is 9.62. The molecule has 4 unspecified atom stereocenters. The van der Waals surface area contributed by atoms with Gasteiger partial charge in [-0.15, -0.1) is 0 Å². The maximum Gasteiger partial charge on any atom is 0.182 e. The number of fused-ring (bicyclic) bond motifs is 3. The first kappa shape index (κ1) is 16.4. The van der Waals surface area contributed by atoms with Gasteiger partial charge in [0, 0.05) is 17.5 Å². The molecule has 0 spiro atoms. The quantitative estimate of drug-likeness (QED) is 0.802. The molecular weight excluding hydrogens is 331 g/mol. The third-order valence-corrected chi connectivity index (χ3v) is 5.13. The Morgan fingerprint density at radius 3 is 2.56 bits per heavy atom. The van der Waals surface area contributed by atoms with Crippen LogP contribution in [0.2, 0.25) is 0 Å². The number of benzene rings is 2. The summed E-state index contributed by atoms with van der Waals surface area (Å²) in [5.74, 6) is -3.31. The molecule has 2 aromatic carbocycles. The van der Waals surface area contributed by atoms with E-state index in [4.69, 9.17) is 4.74 Å². The molecule has 4 atom stereocenters. The van der Waals surface area contributed by atoms with E-state index in [9.17, 15) is 18.3 Å². The smallest absolute Gasteiger partial charge is 0.182 e. The Bertz CT molecular complexity index is 784. The van der Waals surface area contributed by atoms with Crippen LogP contribution in [0, 0.1) is 23.4 Å². The summed E-state index contributed by atoms with van der Waals surface area (Å²) in [5, 5.41) is 12.4. The number of aliphatic hydroxyl groups is 1. The zero-order valence-corrected chi connectivity index (χ0v) is 13.4. The van der Waals surface area contributed by atoms with Crippen LogP contribution in [0.4, 0.5) is 18.9 Å². The lowest BCUT2D eigenvalue weighted by molar-refractivity contribution is -0.111. The molecule has 3 nitrogen and oxygen atoms in total. The second-order valence-corrected chi connectivity index (χ2v) is 6.58. The normalized spacial score (nSPS) is 28.0. The number of aliphatic hydroxyl groups excluding tert-OH is 1. The summed E-state index contributed by atoms with van der Waals surface area (Å²) < 4.78 is 48.4. The van der Waals surface area contributed by atoms with Crippen LogP contribution in [0.3, 0.4) is 0 Å². The summed E-state index contributed by atoms with van der Waals surface area (Å²) in [6.07, 6.45) is 0.141. The number of ether oxygens (including phenoxy) is 1. The van der Waals surface area contributed by atoms with E-state index in [1.165, 1.54) is 0 Å². The molecule has 1 saturated heterocycles. The lowest BCUT2D eigenvalue weighted by Gasteiger charge is -2.45. The first-order chi connectivity index (χ1) is 12.1. The lowest BCUT2D eigenvalue weighted by atomic mass is 9.76. The fourth-order valence-corrected chi connectivity index (χ4v) is 3.95. The minimum Gasteiger partial charge on any atom is -0.394 e. The topological polar surface area (TPSA) is 41.5 Å². The molecule has 0 saturated carbocycles. The van der Waals surface area contributed by atoms with Crippen LogP contribution in [0.25, 0.3) is 0 Å². The predicted octanol–water partition coefficient (Wildman–Crippen LogP) is 4.10. The van der Waals surface area contributed by atoms with Crippen molar-refractivity contribution in [3.63, 3.8) is 0 Å². The van der Waals surface area contributed by atoms with Crippen molar-refractivity contribution in [2.45, 2.75) is 31.1 Å². The van der Waals surface area contributed by atoms with Crippen LogP contribution in [-0.4, -0.2) is 17.8 Å². The zero-order valence-electron chi connectivity index (χ0n) is 13.4. The van der Waals surface area contributed by atoms with Crippen molar-refractivity contribution in [1.82, 2.24) is 0 Å². The van der Waals surface area contributed by atoms with Crippen molar-refractivity contribution < 1.29 is 23.0 Å². The Balaban J connectivity index is 1.85. The molecule has 0 aromatic heterocycles. The molecule has 132 valence electrons. The summed E-state index contributed by atoms with van der Waals surface area (Å²) in [5.41, 5.74) is 0.721. The van der Waals surface area contributed by atoms with Gasteiger partial charge < -0.3 is 15.2 Å². The van der Waals surface area contributed by atoms with Gasteiger partial charge in [0.05, 0.1) is 30.5 Å². The number of anilines is 1. The van der Waals surface area contributed by atoms with Gasteiger partial charge in [0.15, 0.2) is 11.6 Å². The second kappa shape index (κ2) is 6.35. The Hall–Kier alpha value is -2.05. The molecule has 2 aliphatic rings. The number of nitrogens with one attached hydrogen (secondary N) is 1. The van der Waals surface area contributed by atoms with Crippen LogP contribution in [-0.2, 0) is 4.74 Å². The second-order valence-electron chi connectivity index (χ2n) is 6.58. The highest BCUT2D eigenvalue weighted by Crippen LogP contribution is 2.51. The number of halogens is 3. The number of hydrogen-bond donors (Lipinski definition) is 2. The first-order valence-electron chi connectivity index (χ1n) is 8.35. The minimum absolute atomic E-state index is 0.00855. The maximum atomic E-state index is 14.5. The molecule has 1 fully saturated rings. The van der Waals surface area contributed by atoms with E-state index in [0.29, 0.717) is 18.9 Å². The SMILES string of the molecule is OCC1CCC2C(c3ccccc3)Nc3c(F)c(F)cc(F)c3C2O1. The average molecular weight is 349 g/mol. The predicted molar refractivity (Wildman–Crippen MR) is 86.5 cm³/mol. The van der Waals surface area contributed by atoms with E-state index in [0.717, 1.165) is 5.56 Å². The van der Waals surface area contributed by atoms with Gasteiger partial charge in [-0.25, -0.2) is 13.2 Å².